The summed E-state index contributed by atoms with van der Waals surface area (Å²) < 4.78 is 15.4. The minimum atomic E-state index is -0.269. The van der Waals surface area contributed by atoms with Crippen molar-refractivity contribution in [1.82, 2.24) is 0 Å². The molecule has 0 spiro atoms. The van der Waals surface area contributed by atoms with E-state index in [1.165, 1.54) is 7.11 Å². The number of carbonyl (C=O) groups excluding carboxylic acids is 1. The van der Waals surface area contributed by atoms with Gasteiger partial charge in [0.15, 0.2) is 0 Å². The summed E-state index contributed by atoms with van der Waals surface area (Å²) in [6, 6.07) is 5.51. The first kappa shape index (κ1) is 15.3. The van der Waals surface area contributed by atoms with Crippen LogP contribution in [0.25, 0.3) is 0 Å². The number of hydrogen-bond acceptors (Lipinski definition) is 4. The van der Waals surface area contributed by atoms with Crippen LogP contribution in [0.15, 0.2) is 18.2 Å². The van der Waals surface area contributed by atoms with Crippen molar-refractivity contribution < 1.29 is 19.0 Å². The fourth-order valence-electron chi connectivity index (χ4n) is 2.00. The minimum Gasteiger partial charge on any atom is -0.497 e. The van der Waals surface area contributed by atoms with Crippen molar-refractivity contribution in [3.8, 4) is 11.5 Å². The molecule has 0 aliphatic carbocycles. The van der Waals surface area contributed by atoms with Gasteiger partial charge in [-0.15, -0.1) is 0 Å². The lowest BCUT2D eigenvalue weighted by molar-refractivity contribution is -0.142. The summed E-state index contributed by atoms with van der Waals surface area (Å²) in [5.41, 5.74) is 0.872. The molecule has 0 saturated heterocycles. The highest BCUT2D eigenvalue weighted by atomic mass is 16.5. The van der Waals surface area contributed by atoms with Gasteiger partial charge in [0.2, 0.25) is 0 Å². The third-order valence-corrected chi connectivity index (χ3v) is 3.11. The van der Waals surface area contributed by atoms with Crippen LogP contribution in [0, 0.1) is 0 Å². The third-order valence-electron chi connectivity index (χ3n) is 3.11. The number of ether oxygens (including phenoxy) is 3. The first-order valence-corrected chi connectivity index (χ1v) is 6.47. The molecule has 0 aliphatic rings. The Kier molecular flexibility index (Phi) is 6.19. The lowest BCUT2D eigenvalue weighted by Gasteiger charge is -2.16. The summed E-state index contributed by atoms with van der Waals surface area (Å²) in [6.45, 7) is 2.10. The normalized spacial score (nSPS) is 11.8. The highest BCUT2D eigenvalue weighted by molar-refractivity contribution is 5.78. The second kappa shape index (κ2) is 7.67. The van der Waals surface area contributed by atoms with Gasteiger partial charge in [-0.3, -0.25) is 4.79 Å². The summed E-state index contributed by atoms with van der Waals surface area (Å²) in [5, 5.41) is 0. The van der Waals surface area contributed by atoms with Crippen LogP contribution in [0.2, 0.25) is 0 Å². The summed E-state index contributed by atoms with van der Waals surface area (Å²) in [4.78, 5) is 11.9. The Labute approximate surface area is 114 Å². The average molecular weight is 266 g/mol. The molecule has 1 aromatic rings. The number of hydrogen-bond donors (Lipinski definition) is 0. The van der Waals surface area contributed by atoms with Gasteiger partial charge in [-0.05, 0) is 24.1 Å². The van der Waals surface area contributed by atoms with E-state index in [4.69, 9.17) is 14.2 Å². The van der Waals surface area contributed by atoms with Gasteiger partial charge >= 0.3 is 5.97 Å². The number of carbonyl (C=O) groups is 1. The van der Waals surface area contributed by atoms with E-state index in [0.717, 1.165) is 24.8 Å². The molecular weight excluding hydrogens is 244 g/mol. The molecule has 4 heteroatoms. The van der Waals surface area contributed by atoms with Crippen molar-refractivity contribution in [1.29, 1.82) is 0 Å². The molecule has 0 amide bonds. The van der Waals surface area contributed by atoms with E-state index < -0.39 is 0 Å². The molecule has 19 heavy (non-hydrogen) atoms. The van der Waals surface area contributed by atoms with Crippen molar-refractivity contribution in [3.63, 3.8) is 0 Å². The van der Waals surface area contributed by atoms with Gasteiger partial charge in [0.1, 0.15) is 11.5 Å². The monoisotopic (exact) mass is 266 g/mol. The average Bonchev–Trinajstić information content (AvgIpc) is 2.46. The lowest BCUT2D eigenvalue weighted by Crippen LogP contribution is -2.14. The van der Waals surface area contributed by atoms with Crippen molar-refractivity contribution in [3.05, 3.63) is 23.8 Å². The second-order valence-corrected chi connectivity index (χ2v) is 4.36. The maximum Gasteiger partial charge on any atom is 0.313 e. The highest BCUT2D eigenvalue weighted by Gasteiger charge is 2.22. The zero-order valence-electron chi connectivity index (χ0n) is 12.1. The summed E-state index contributed by atoms with van der Waals surface area (Å²) >= 11 is 0. The molecule has 0 fully saturated rings. The lowest BCUT2D eigenvalue weighted by atomic mass is 9.93. The quantitative estimate of drug-likeness (QED) is 0.711. The van der Waals surface area contributed by atoms with Crippen molar-refractivity contribution in [2.24, 2.45) is 0 Å². The molecular formula is C15H22O4. The number of benzene rings is 1. The maximum absolute atomic E-state index is 11.9. The standard InChI is InChI=1S/C15H22O4/c1-5-6-7-14(15(16)19-4)11-8-12(17-2)10-13(9-11)18-3/h8-10,14H,5-7H2,1-4H3. The molecule has 106 valence electrons. The van der Waals surface area contributed by atoms with Gasteiger partial charge < -0.3 is 14.2 Å². The molecule has 1 rings (SSSR count). The van der Waals surface area contributed by atoms with Crippen LogP contribution in [0.5, 0.6) is 11.5 Å². The highest BCUT2D eigenvalue weighted by Crippen LogP contribution is 2.31. The Balaban J connectivity index is 3.09. The number of unbranched alkanes of at least 4 members (excludes halogenated alkanes) is 1. The van der Waals surface area contributed by atoms with E-state index in [9.17, 15) is 4.79 Å². The van der Waals surface area contributed by atoms with Crippen molar-refractivity contribution in [2.75, 3.05) is 21.3 Å². The Morgan fingerprint density at radius 2 is 1.68 bits per heavy atom. The van der Waals surface area contributed by atoms with E-state index in [1.54, 1.807) is 20.3 Å². The predicted octanol–water partition coefficient (Wildman–Crippen LogP) is 3.15. The van der Waals surface area contributed by atoms with Gasteiger partial charge in [0, 0.05) is 6.07 Å². The molecule has 1 atom stereocenters. The maximum atomic E-state index is 11.9. The summed E-state index contributed by atoms with van der Waals surface area (Å²) in [7, 11) is 4.61. The van der Waals surface area contributed by atoms with Gasteiger partial charge in [-0.2, -0.15) is 0 Å². The number of esters is 1. The third kappa shape index (κ3) is 4.16. The van der Waals surface area contributed by atoms with Crippen LogP contribution in [0.3, 0.4) is 0 Å². The van der Waals surface area contributed by atoms with Crippen LogP contribution in [0.4, 0.5) is 0 Å². The Morgan fingerprint density at radius 3 is 2.11 bits per heavy atom. The predicted molar refractivity (Wildman–Crippen MR) is 73.8 cm³/mol. The summed E-state index contributed by atoms with van der Waals surface area (Å²) in [5.74, 6) is 0.872. The van der Waals surface area contributed by atoms with Gasteiger partial charge in [0.05, 0.1) is 27.2 Å². The molecule has 0 N–H and O–H groups in total. The van der Waals surface area contributed by atoms with Gasteiger partial charge in [0.25, 0.3) is 0 Å². The van der Waals surface area contributed by atoms with Crippen LogP contribution in [-0.2, 0) is 9.53 Å². The Hall–Kier alpha value is -1.71. The second-order valence-electron chi connectivity index (χ2n) is 4.36. The van der Waals surface area contributed by atoms with Gasteiger partial charge in [-0.1, -0.05) is 19.8 Å². The Morgan fingerprint density at radius 1 is 1.11 bits per heavy atom. The van der Waals surface area contributed by atoms with E-state index in [0.29, 0.717) is 11.5 Å². The molecule has 1 unspecified atom stereocenters. The van der Waals surface area contributed by atoms with E-state index in [-0.39, 0.29) is 11.9 Å². The molecule has 0 bridgehead atoms. The van der Waals surface area contributed by atoms with E-state index in [2.05, 4.69) is 6.92 Å². The summed E-state index contributed by atoms with van der Waals surface area (Å²) in [6.07, 6.45) is 2.77. The van der Waals surface area contributed by atoms with E-state index >= 15 is 0 Å². The van der Waals surface area contributed by atoms with Crippen molar-refractivity contribution >= 4 is 5.97 Å². The molecule has 4 nitrogen and oxygen atoms in total. The zero-order valence-corrected chi connectivity index (χ0v) is 12.1. The fraction of sp³-hybridized carbons (Fsp3) is 0.533. The molecule has 1 aromatic carbocycles. The first-order valence-electron chi connectivity index (χ1n) is 6.47. The van der Waals surface area contributed by atoms with Crippen LogP contribution in [-0.4, -0.2) is 27.3 Å². The molecule has 0 aliphatic heterocycles. The topological polar surface area (TPSA) is 44.8 Å². The van der Waals surface area contributed by atoms with Crippen LogP contribution >= 0.6 is 0 Å². The smallest absolute Gasteiger partial charge is 0.313 e. The number of rotatable bonds is 7. The fourth-order valence-corrected chi connectivity index (χ4v) is 2.00. The zero-order chi connectivity index (χ0) is 14.3. The number of methoxy groups -OCH3 is 3. The largest absolute Gasteiger partial charge is 0.497 e. The van der Waals surface area contributed by atoms with Gasteiger partial charge in [-0.25, -0.2) is 0 Å². The molecule has 0 heterocycles. The van der Waals surface area contributed by atoms with Crippen LogP contribution < -0.4 is 9.47 Å². The first-order chi connectivity index (χ1) is 9.15. The molecule has 0 radical (unpaired) electrons. The SMILES string of the molecule is CCCCC(C(=O)OC)c1cc(OC)cc(OC)c1. The van der Waals surface area contributed by atoms with E-state index in [1.807, 2.05) is 12.1 Å². The Bertz CT molecular complexity index is 392. The minimum absolute atomic E-state index is 0.219. The van der Waals surface area contributed by atoms with Crippen molar-refractivity contribution in [2.45, 2.75) is 32.1 Å². The van der Waals surface area contributed by atoms with Crippen LogP contribution in [0.1, 0.15) is 37.7 Å². The molecule has 0 saturated carbocycles. The molecule has 0 aromatic heterocycles.